The molecule has 5 heteroatoms. The van der Waals surface area contributed by atoms with Gasteiger partial charge in [0.15, 0.2) is 5.78 Å². The van der Waals surface area contributed by atoms with Gasteiger partial charge in [-0.25, -0.2) is 4.98 Å². The lowest BCUT2D eigenvalue weighted by Gasteiger charge is -2.12. The summed E-state index contributed by atoms with van der Waals surface area (Å²) in [4.78, 5) is 27.6. The predicted molar refractivity (Wildman–Crippen MR) is 50.9 cm³/mol. The third kappa shape index (κ3) is 1.70. The maximum absolute atomic E-state index is 11.4. The number of rotatable bonds is 1. The summed E-state index contributed by atoms with van der Waals surface area (Å²) in [6, 6.07) is 6.67. The minimum absolute atomic E-state index is 0.0563. The molecule has 1 aliphatic rings. The zero-order valence-corrected chi connectivity index (χ0v) is 7.80. The lowest BCUT2D eigenvalue weighted by Crippen LogP contribution is -2.25. The molecule has 0 radical (unpaired) electrons. The van der Waals surface area contributed by atoms with Crippen LogP contribution in [0.4, 0.5) is 5.82 Å². The van der Waals surface area contributed by atoms with Crippen LogP contribution >= 0.6 is 0 Å². The van der Waals surface area contributed by atoms with Gasteiger partial charge in [0.05, 0.1) is 13.0 Å². The monoisotopic (exact) mass is 201 g/mol. The van der Waals surface area contributed by atoms with Gasteiger partial charge in [-0.1, -0.05) is 6.07 Å². The highest BCUT2D eigenvalue weighted by molar-refractivity contribution is 6.14. The summed E-state index contributed by atoms with van der Waals surface area (Å²) >= 11 is 0. The molecule has 15 heavy (non-hydrogen) atoms. The molecule has 2 rings (SSSR count). The third-order valence-electron chi connectivity index (χ3n) is 2.11. The van der Waals surface area contributed by atoms with Crippen molar-refractivity contribution in [2.45, 2.75) is 6.42 Å². The van der Waals surface area contributed by atoms with Crippen molar-refractivity contribution in [3.05, 3.63) is 23.9 Å². The SMILES string of the molecule is N#Cc1cccc(N2CC(=O)CC2=O)n1. The Morgan fingerprint density at radius 3 is 2.80 bits per heavy atom. The van der Waals surface area contributed by atoms with Crippen molar-refractivity contribution < 1.29 is 9.59 Å². The summed E-state index contributed by atoms with van der Waals surface area (Å²) in [6.45, 7) is 0.0563. The van der Waals surface area contributed by atoms with Crippen molar-refractivity contribution >= 4 is 17.5 Å². The predicted octanol–water partition coefficient (Wildman–Crippen LogP) is 0.259. The highest BCUT2D eigenvalue weighted by atomic mass is 16.2. The van der Waals surface area contributed by atoms with Crippen molar-refractivity contribution in [1.82, 2.24) is 4.98 Å². The van der Waals surface area contributed by atoms with Gasteiger partial charge in [-0.3, -0.25) is 14.5 Å². The second-order valence-corrected chi connectivity index (χ2v) is 3.19. The van der Waals surface area contributed by atoms with Crippen LogP contribution in [-0.2, 0) is 9.59 Å². The number of hydrogen-bond acceptors (Lipinski definition) is 4. The average molecular weight is 201 g/mol. The van der Waals surface area contributed by atoms with Crippen LogP contribution < -0.4 is 4.90 Å². The first-order valence-corrected chi connectivity index (χ1v) is 4.40. The second-order valence-electron chi connectivity index (χ2n) is 3.19. The first kappa shape index (κ1) is 9.34. The molecule has 5 nitrogen and oxygen atoms in total. The molecule has 74 valence electrons. The van der Waals surface area contributed by atoms with Gasteiger partial charge >= 0.3 is 0 Å². The van der Waals surface area contributed by atoms with Crippen molar-refractivity contribution in [2.75, 3.05) is 11.4 Å². The van der Waals surface area contributed by atoms with Gasteiger partial charge in [0.1, 0.15) is 17.6 Å². The minimum atomic E-state index is -0.261. The first-order chi connectivity index (χ1) is 7.20. The number of hydrogen-bond donors (Lipinski definition) is 0. The molecule has 0 unspecified atom stereocenters. The highest BCUT2D eigenvalue weighted by Crippen LogP contribution is 2.17. The van der Waals surface area contributed by atoms with E-state index in [1.54, 1.807) is 18.2 Å². The van der Waals surface area contributed by atoms with Gasteiger partial charge in [-0.2, -0.15) is 5.26 Å². The van der Waals surface area contributed by atoms with E-state index in [0.29, 0.717) is 5.82 Å². The summed E-state index contributed by atoms with van der Waals surface area (Å²) in [6.07, 6.45) is -0.0710. The fourth-order valence-corrected chi connectivity index (χ4v) is 1.43. The maximum atomic E-state index is 11.4. The number of pyridine rings is 1. The Labute approximate surface area is 85.9 Å². The summed E-state index contributed by atoms with van der Waals surface area (Å²) < 4.78 is 0. The number of aromatic nitrogens is 1. The van der Waals surface area contributed by atoms with Crippen molar-refractivity contribution in [2.24, 2.45) is 0 Å². The van der Waals surface area contributed by atoms with E-state index < -0.39 is 0 Å². The Morgan fingerprint density at radius 1 is 1.40 bits per heavy atom. The Morgan fingerprint density at radius 2 is 2.20 bits per heavy atom. The van der Waals surface area contributed by atoms with Crippen LogP contribution in [0.5, 0.6) is 0 Å². The molecule has 0 N–H and O–H groups in total. The number of nitriles is 1. The lowest BCUT2D eigenvalue weighted by molar-refractivity contribution is -0.121. The van der Waals surface area contributed by atoms with E-state index in [4.69, 9.17) is 5.26 Å². The van der Waals surface area contributed by atoms with Crippen LogP contribution in [-0.4, -0.2) is 23.2 Å². The van der Waals surface area contributed by atoms with Crippen LogP contribution in [0, 0.1) is 11.3 Å². The molecule has 1 saturated heterocycles. The summed E-state index contributed by atoms with van der Waals surface area (Å²) in [5, 5.41) is 8.64. The number of Topliss-reactive ketones (excluding diaryl/α,β-unsaturated/α-hetero) is 1. The van der Waals surface area contributed by atoms with Crippen molar-refractivity contribution in [1.29, 1.82) is 5.26 Å². The van der Waals surface area contributed by atoms with Gasteiger partial charge in [-0.05, 0) is 12.1 Å². The summed E-state index contributed by atoms with van der Waals surface area (Å²) in [5.74, 6) is -0.0170. The van der Waals surface area contributed by atoms with Crippen molar-refractivity contribution in [3.63, 3.8) is 0 Å². The van der Waals surface area contributed by atoms with Crippen LogP contribution in [0.1, 0.15) is 12.1 Å². The fourth-order valence-electron chi connectivity index (χ4n) is 1.43. The molecule has 0 spiro atoms. The standard InChI is InChI=1S/C10H7N3O2/c11-5-7-2-1-3-9(12-7)13-6-8(14)4-10(13)15/h1-3H,4,6H2. The highest BCUT2D eigenvalue weighted by Gasteiger charge is 2.29. The lowest BCUT2D eigenvalue weighted by atomic mass is 10.3. The number of carbonyl (C=O) groups is 2. The molecule has 2 heterocycles. The summed E-state index contributed by atoms with van der Waals surface area (Å²) in [7, 11) is 0. The summed E-state index contributed by atoms with van der Waals surface area (Å²) in [5.41, 5.74) is 0.236. The maximum Gasteiger partial charge on any atom is 0.236 e. The molecule has 0 atom stereocenters. The van der Waals surface area contributed by atoms with Gasteiger partial charge in [0, 0.05) is 0 Å². The first-order valence-electron chi connectivity index (χ1n) is 4.40. The number of carbonyl (C=O) groups excluding carboxylic acids is 2. The molecule has 0 saturated carbocycles. The normalized spacial score (nSPS) is 15.5. The smallest absolute Gasteiger partial charge is 0.236 e. The van der Waals surface area contributed by atoms with E-state index in [2.05, 4.69) is 4.98 Å². The van der Waals surface area contributed by atoms with Crippen LogP contribution in [0.15, 0.2) is 18.2 Å². The molecule has 1 fully saturated rings. The largest absolute Gasteiger partial charge is 0.297 e. The second kappa shape index (κ2) is 3.50. The quantitative estimate of drug-likeness (QED) is 0.611. The molecule has 1 aromatic heterocycles. The Hall–Kier alpha value is -2.22. The van der Waals surface area contributed by atoms with Gasteiger partial charge in [0.25, 0.3) is 0 Å². The number of anilines is 1. The molecule has 0 aliphatic carbocycles. The van der Waals surface area contributed by atoms with Crippen molar-refractivity contribution in [3.8, 4) is 6.07 Å². The topological polar surface area (TPSA) is 74.1 Å². The molecule has 0 bridgehead atoms. The molecular weight excluding hydrogens is 194 g/mol. The van der Waals surface area contributed by atoms with Gasteiger partial charge in [-0.15, -0.1) is 0 Å². The number of nitrogens with zero attached hydrogens (tertiary/aromatic N) is 3. The third-order valence-corrected chi connectivity index (χ3v) is 2.11. The van der Waals surface area contributed by atoms with E-state index in [-0.39, 0.29) is 30.3 Å². The Bertz CT molecular complexity index is 476. The Balaban J connectivity index is 2.34. The van der Waals surface area contributed by atoms with E-state index in [9.17, 15) is 9.59 Å². The van der Waals surface area contributed by atoms with Gasteiger partial charge in [0.2, 0.25) is 5.91 Å². The van der Waals surface area contributed by atoms with Crippen LogP contribution in [0.25, 0.3) is 0 Å². The van der Waals surface area contributed by atoms with E-state index in [0.717, 1.165) is 0 Å². The van der Waals surface area contributed by atoms with Crippen LogP contribution in [0.2, 0.25) is 0 Å². The zero-order chi connectivity index (χ0) is 10.8. The van der Waals surface area contributed by atoms with Gasteiger partial charge < -0.3 is 0 Å². The average Bonchev–Trinajstić information content (AvgIpc) is 2.58. The van der Waals surface area contributed by atoms with E-state index in [1.807, 2.05) is 6.07 Å². The number of ketones is 1. The molecule has 1 aliphatic heterocycles. The van der Waals surface area contributed by atoms with E-state index in [1.165, 1.54) is 4.90 Å². The van der Waals surface area contributed by atoms with Crippen LogP contribution in [0.3, 0.4) is 0 Å². The molecule has 1 aromatic rings. The molecule has 0 aromatic carbocycles. The fraction of sp³-hybridized carbons (Fsp3) is 0.200. The minimum Gasteiger partial charge on any atom is -0.297 e. The molecular formula is C10H7N3O2. The Kier molecular flexibility index (Phi) is 2.18. The zero-order valence-electron chi connectivity index (χ0n) is 7.80. The number of amides is 1. The van der Waals surface area contributed by atoms with E-state index >= 15 is 0 Å². The molecule has 1 amide bonds.